The number of aliphatic hydroxyl groups excluding tert-OH is 2. The van der Waals surface area contributed by atoms with Gasteiger partial charge in [-0.25, -0.2) is 0 Å². The van der Waals surface area contributed by atoms with Crippen LogP contribution in [0.1, 0.15) is 19.8 Å². The number of aliphatic hydroxyl groups is 2. The SMILES string of the molecule is CC1C[C@@H](O)C(CSc2ccccc2)[C@H](O)C1. The minimum Gasteiger partial charge on any atom is -0.393 e. The Morgan fingerprint density at radius 3 is 2.29 bits per heavy atom. The molecule has 0 saturated heterocycles. The van der Waals surface area contributed by atoms with Gasteiger partial charge in [0.25, 0.3) is 0 Å². The Kier molecular flexibility index (Phi) is 4.48. The van der Waals surface area contributed by atoms with Gasteiger partial charge in [0.15, 0.2) is 0 Å². The Bertz CT molecular complexity index is 329. The predicted molar refractivity (Wildman–Crippen MR) is 71.1 cm³/mol. The topological polar surface area (TPSA) is 40.5 Å². The molecule has 0 amide bonds. The number of hydrogen-bond donors (Lipinski definition) is 2. The number of hydrogen-bond acceptors (Lipinski definition) is 3. The van der Waals surface area contributed by atoms with Crippen molar-refractivity contribution in [1.82, 2.24) is 0 Å². The molecule has 0 heterocycles. The Morgan fingerprint density at radius 2 is 1.71 bits per heavy atom. The van der Waals surface area contributed by atoms with E-state index in [1.54, 1.807) is 11.8 Å². The third-order valence-electron chi connectivity index (χ3n) is 3.46. The number of thioether (sulfide) groups is 1. The van der Waals surface area contributed by atoms with Crippen LogP contribution in [0.5, 0.6) is 0 Å². The minimum absolute atomic E-state index is 0.0106. The van der Waals surface area contributed by atoms with Gasteiger partial charge in [0.1, 0.15) is 0 Å². The van der Waals surface area contributed by atoms with Crippen LogP contribution in [0.2, 0.25) is 0 Å². The van der Waals surface area contributed by atoms with Gasteiger partial charge in [-0.1, -0.05) is 25.1 Å². The van der Waals surface area contributed by atoms with Crippen molar-refractivity contribution in [2.45, 2.75) is 36.9 Å². The minimum atomic E-state index is -0.357. The van der Waals surface area contributed by atoms with Gasteiger partial charge in [0, 0.05) is 16.6 Å². The van der Waals surface area contributed by atoms with Crippen LogP contribution in [-0.4, -0.2) is 28.2 Å². The van der Waals surface area contributed by atoms with Crippen LogP contribution in [0.3, 0.4) is 0 Å². The highest BCUT2D eigenvalue weighted by Gasteiger charge is 2.34. The van der Waals surface area contributed by atoms with Crippen LogP contribution in [0.15, 0.2) is 35.2 Å². The standard InChI is InChI=1S/C14H20O2S/c1-10-7-13(15)12(14(16)8-10)9-17-11-5-3-2-4-6-11/h2-6,10,12-16H,7-9H2,1H3/t10?,12?,13-,14-/m1/s1. The van der Waals surface area contributed by atoms with Crippen molar-refractivity contribution < 1.29 is 10.2 Å². The van der Waals surface area contributed by atoms with E-state index < -0.39 is 0 Å². The van der Waals surface area contributed by atoms with Crippen molar-refractivity contribution in [3.63, 3.8) is 0 Å². The molecule has 2 N–H and O–H groups in total. The lowest BCUT2D eigenvalue weighted by molar-refractivity contribution is -0.0309. The van der Waals surface area contributed by atoms with Crippen LogP contribution in [0.25, 0.3) is 0 Å². The summed E-state index contributed by atoms with van der Waals surface area (Å²) in [5.41, 5.74) is 0. The zero-order valence-corrected chi connectivity index (χ0v) is 10.9. The van der Waals surface area contributed by atoms with E-state index in [4.69, 9.17) is 0 Å². The normalized spacial score (nSPS) is 33.6. The van der Waals surface area contributed by atoms with Crippen molar-refractivity contribution >= 4 is 11.8 Å². The lowest BCUT2D eigenvalue weighted by Crippen LogP contribution is -2.40. The van der Waals surface area contributed by atoms with Gasteiger partial charge in [0.05, 0.1) is 12.2 Å². The third kappa shape index (κ3) is 3.47. The maximum Gasteiger partial charge on any atom is 0.0603 e. The molecule has 1 aliphatic rings. The molecule has 0 bridgehead atoms. The first-order valence-electron chi connectivity index (χ1n) is 6.21. The molecule has 1 aromatic carbocycles. The second-order valence-electron chi connectivity index (χ2n) is 5.00. The summed E-state index contributed by atoms with van der Waals surface area (Å²) < 4.78 is 0. The first-order valence-corrected chi connectivity index (χ1v) is 7.19. The van der Waals surface area contributed by atoms with Crippen molar-refractivity contribution in [2.24, 2.45) is 11.8 Å². The zero-order valence-electron chi connectivity index (χ0n) is 10.1. The van der Waals surface area contributed by atoms with Gasteiger partial charge in [-0.3, -0.25) is 0 Å². The first kappa shape index (κ1) is 12.9. The Labute approximate surface area is 107 Å². The van der Waals surface area contributed by atoms with Gasteiger partial charge in [0.2, 0.25) is 0 Å². The molecule has 0 aliphatic heterocycles. The van der Waals surface area contributed by atoms with E-state index in [0.717, 1.165) is 18.6 Å². The van der Waals surface area contributed by atoms with Crippen molar-refractivity contribution in [3.8, 4) is 0 Å². The quantitative estimate of drug-likeness (QED) is 0.812. The monoisotopic (exact) mass is 252 g/mol. The number of benzene rings is 1. The smallest absolute Gasteiger partial charge is 0.0603 e. The molecule has 1 aromatic rings. The average molecular weight is 252 g/mol. The van der Waals surface area contributed by atoms with Crippen molar-refractivity contribution in [1.29, 1.82) is 0 Å². The molecule has 0 spiro atoms. The molecular weight excluding hydrogens is 232 g/mol. The summed E-state index contributed by atoms with van der Waals surface area (Å²) in [7, 11) is 0. The van der Waals surface area contributed by atoms with E-state index in [-0.39, 0.29) is 18.1 Å². The molecule has 2 atom stereocenters. The summed E-state index contributed by atoms with van der Waals surface area (Å²) >= 11 is 1.72. The molecule has 1 saturated carbocycles. The second-order valence-corrected chi connectivity index (χ2v) is 6.09. The third-order valence-corrected chi connectivity index (χ3v) is 4.62. The van der Waals surface area contributed by atoms with Gasteiger partial charge in [-0.15, -0.1) is 11.8 Å². The van der Waals surface area contributed by atoms with E-state index in [1.807, 2.05) is 18.2 Å². The van der Waals surface area contributed by atoms with E-state index in [2.05, 4.69) is 19.1 Å². The molecule has 0 unspecified atom stereocenters. The van der Waals surface area contributed by atoms with Crippen molar-refractivity contribution in [2.75, 3.05) is 5.75 Å². The lowest BCUT2D eigenvalue weighted by atomic mass is 9.79. The summed E-state index contributed by atoms with van der Waals surface area (Å²) in [6, 6.07) is 10.1. The number of rotatable bonds is 3. The van der Waals surface area contributed by atoms with Crippen LogP contribution in [0, 0.1) is 11.8 Å². The van der Waals surface area contributed by atoms with Crippen molar-refractivity contribution in [3.05, 3.63) is 30.3 Å². The summed E-state index contributed by atoms with van der Waals surface area (Å²) in [4.78, 5) is 1.20. The Hall–Kier alpha value is -0.510. The van der Waals surface area contributed by atoms with E-state index in [0.29, 0.717) is 5.92 Å². The molecule has 3 heteroatoms. The molecule has 2 nitrogen and oxygen atoms in total. The zero-order chi connectivity index (χ0) is 12.3. The fraction of sp³-hybridized carbons (Fsp3) is 0.571. The second kappa shape index (κ2) is 5.89. The van der Waals surface area contributed by atoms with Gasteiger partial charge < -0.3 is 10.2 Å². The summed E-state index contributed by atoms with van der Waals surface area (Å²) in [6.45, 7) is 2.09. The molecule has 2 rings (SSSR count). The van der Waals surface area contributed by atoms with E-state index >= 15 is 0 Å². The molecule has 94 valence electrons. The highest BCUT2D eigenvalue weighted by Crippen LogP contribution is 2.33. The fourth-order valence-corrected chi connectivity index (χ4v) is 3.64. The molecule has 1 fully saturated rings. The molecule has 0 radical (unpaired) electrons. The molecular formula is C14H20O2S. The van der Waals surface area contributed by atoms with Gasteiger partial charge in [-0.05, 0) is 30.9 Å². The van der Waals surface area contributed by atoms with Gasteiger partial charge in [-0.2, -0.15) is 0 Å². The lowest BCUT2D eigenvalue weighted by Gasteiger charge is -2.35. The summed E-state index contributed by atoms with van der Waals surface area (Å²) in [6.07, 6.45) is 0.920. The van der Waals surface area contributed by atoms with Crippen LogP contribution < -0.4 is 0 Å². The van der Waals surface area contributed by atoms with E-state index in [1.165, 1.54) is 4.90 Å². The summed E-state index contributed by atoms with van der Waals surface area (Å²) in [5, 5.41) is 20.0. The van der Waals surface area contributed by atoms with Crippen LogP contribution in [-0.2, 0) is 0 Å². The highest BCUT2D eigenvalue weighted by molar-refractivity contribution is 7.99. The maximum atomic E-state index is 10.0. The Morgan fingerprint density at radius 1 is 1.12 bits per heavy atom. The molecule has 1 aliphatic carbocycles. The van der Waals surface area contributed by atoms with E-state index in [9.17, 15) is 10.2 Å². The fourth-order valence-electron chi connectivity index (χ4n) is 2.46. The van der Waals surface area contributed by atoms with Crippen LogP contribution >= 0.6 is 11.8 Å². The molecule has 0 aromatic heterocycles. The maximum absolute atomic E-state index is 10.0. The van der Waals surface area contributed by atoms with Crippen LogP contribution in [0.4, 0.5) is 0 Å². The predicted octanol–water partition coefficient (Wildman–Crippen LogP) is 2.55. The van der Waals surface area contributed by atoms with Gasteiger partial charge >= 0.3 is 0 Å². The largest absolute Gasteiger partial charge is 0.393 e. The summed E-state index contributed by atoms with van der Waals surface area (Å²) in [5.74, 6) is 1.23. The first-order chi connectivity index (χ1) is 8.16. The highest BCUT2D eigenvalue weighted by atomic mass is 32.2. The molecule has 17 heavy (non-hydrogen) atoms. The Balaban J connectivity index is 1.90. The average Bonchev–Trinajstić information content (AvgIpc) is 2.29.